The van der Waals surface area contributed by atoms with Gasteiger partial charge < -0.3 is 5.32 Å². The maximum absolute atomic E-state index is 11.6. The van der Waals surface area contributed by atoms with E-state index < -0.39 is 0 Å². The number of benzene rings is 1. The van der Waals surface area contributed by atoms with Crippen molar-refractivity contribution in [2.45, 2.75) is 52.1 Å². The molecule has 0 saturated heterocycles. The molecule has 1 N–H and O–H groups in total. The third-order valence-electron chi connectivity index (χ3n) is 4.18. The highest BCUT2D eigenvalue weighted by atomic mass is 16.1. The van der Waals surface area contributed by atoms with Gasteiger partial charge in [0.05, 0.1) is 0 Å². The molecular weight excluding hydrogens is 248 g/mol. The molecule has 20 heavy (non-hydrogen) atoms. The molecule has 0 atom stereocenters. The molecule has 0 saturated carbocycles. The first-order chi connectivity index (χ1) is 9.53. The minimum atomic E-state index is -0.00304. The molecule has 0 bridgehead atoms. The molecular formula is C17H26N2O. The smallest absolute Gasteiger partial charge is 0.220 e. The van der Waals surface area contributed by atoms with Gasteiger partial charge in [-0.15, -0.1) is 0 Å². The summed E-state index contributed by atoms with van der Waals surface area (Å²) in [6.07, 6.45) is 2.63. The Hall–Kier alpha value is -1.35. The monoisotopic (exact) mass is 274 g/mol. The lowest BCUT2D eigenvalue weighted by Crippen LogP contribution is -2.53. The lowest BCUT2D eigenvalue weighted by atomic mass is 9.94. The van der Waals surface area contributed by atoms with Crippen molar-refractivity contribution in [1.29, 1.82) is 0 Å². The summed E-state index contributed by atoms with van der Waals surface area (Å²) >= 11 is 0. The maximum Gasteiger partial charge on any atom is 0.220 e. The number of nitrogens with zero attached hydrogens (tertiary/aromatic N) is 1. The first-order valence-electron chi connectivity index (χ1n) is 7.61. The summed E-state index contributed by atoms with van der Waals surface area (Å²) in [5.41, 5.74) is 2.89. The van der Waals surface area contributed by atoms with Gasteiger partial charge in [-0.3, -0.25) is 9.69 Å². The van der Waals surface area contributed by atoms with Crippen molar-refractivity contribution in [2.24, 2.45) is 0 Å². The molecule has 2 rings (SSSR count). The van der Waals surface area contributed by atoms with Crippen molar-refractivity contribution in [3.63, 3.8) is 0 Å². The fourth-order valence-electron chi connectivity index (χ4n) is 2.75. The molecule has 1 aliphatic heterocycles. The third kappa shape index (κ3) is 3.60. The SMILES string of the molecule is CCCC(=O)NCC(C)(C)N1CCc2ccccc2C1. The number of hydrogen-bond acceptors (Lipinski definition) is 2. The summed E-state index contributed by atoms with van der Waals surface area (Å²) in [6, 6.07) is 8.67. The molecule has 110 valence electrons. The predicted octanol–water partition coefficient (Wildman–Crippen LogP) is 2.74. The molecule has 3 nitrogen and oxygen atoms in total. The van der Waals surface area contributed by atoms with Crippen LogP contribution in [-0.4, -0.2) is 29.4 Å². The minimum absolute atomic E-state index is 0.00304. The van der Waals surface area contributed by atoms with Crippen molar-refractivity contribution in [2.75, 3.05) is 13.1 Å². The van der Waals surface area contributed by atoms with E-state index in [0.29, 0.717) is 13.0 Å². The molecule has 0 spiro atoms. The summed E-state index contributed by atoms with van der Waals surface area (Å²) in [7, 11) is 0. The summed E-state index contributed by atoms with van der Waals surface area (Å²) in [6.45, 7) is 9.22. The highest BCUT2D eigenvalue weighted by molar-refractivity contribution is 5.75. The highest BCUT2D eigenvalue weighted by Gasteiger charge is 2.29. The lowest BCUT2D eigenvalue weighted by molar-refractivity contribution is -0.121. The van der Waals surface area contributed by atoms with Crippen LogP contribution in [0.2, 0.25) is 0 Å². The van der Waals surface area contributed by atoms with Crippen molar-refractivity contribution in [1.82, 2.24) is 10.2 Å². The standard InChI is InChI=1S/C17H26N2O/c1-4-7-16(20)18-13-17(2,3)19-11-10-14-8-5-6-9-15(14)12-19/h5-6,8-9H,4,7,10-13H2,1-3H3,(H,18,20). The molecule has 1 aliphatic rings. The Bertz CT molecular complexity index is 468. The number of hydrogen-bond donors (Lipinski definition) is 1. The van der Waals surface area contributed by atoms with Crippen molar-refractivity contribution >= 4 is 5.91 Å². The van der Waals surface area contributed by atoms with Crippen LogP contribution in [0.3, 0.4) is 0 Å². The van der Waals surface area contributed by atoms with Crippen LogP contribution in [-0.2, 0) is 17.8 Å². The van der Waals surface area contributed by atoms with Gasteiger partial charge in [0.15, 0.2) is 0 Å². The van der Waals surface area contributed by atoms with Gasteiger partial charge in [0, 0.05) is 31.6 Å². The minimum Gasteiger partial charge on any atom is -0.354 e. The van der Waals surface area contributed by atoms with Crippen LogP contribution in [0.25, 0.3) is 0 Å². The zero-order valence-electron chi connectivity index (χ0n) is 12.9. The summed E-state index contributed by atoms with van der Waals surface area (Å²) in [5.74, 6) is 0.165. The normalized spacial score (nSPS) is 15.8. The van der Waals surface area contributed by atoms with E-state index in [1.807, 2.05) is 6.92 Å². The first-order valence-corrected chi connectivity index (χ1v) is 7.61. The summed E-state index contributed by atoms with van der Waals surface area (Å²) in [5, 5.41) is 3.06. The molecule has 1 heterocycles. The number of carbonyl (C=O) groups is 1. The number of amides is 1. The maximum atomic E-state index is 11.6. The van der Waals surface area contributed by atoms with Crippen molar-refractivity contribution < 1.29 is 4.79 Å². The molecule has 1 aromatic carbocycles. The zero-order chi connectivity index (χ0) is 14.6. The predicted molar refractivity (Wildman–Crippen MR) is 82.6 cm³/mol. The quantitative estimate of drug-likeness (QED) is 0.895. The van der Waals surface area contributed by atoms with Crippen LogP contribution in [0.5, 0.6) is 0 Å². The van der Waals surface area contributed by atoms with Crippen LogP contribution in [0.15, 0.2) is 24.3 Å². The van der Waals surface area contributed by atoms with Crippen LogP contribution in [0, 0.1) is 0 Å². The van der Waals surface area contributed by atoms with Gasteiger partial charge in [-0.05, 0) is 37.8 Å². The van der Waals surface area contributed by atoms with Gasteiger partial charge in [-0.25, -0.2) is 0 Å². The van der Waals surface area contributed by atoms with Gasteiger partial charge in [0.2, 0.25) is 5.91 Å². The second-order valence-corrected chi connectivity index (χ2v) is 6.28. The summed E-state index contributed by atoms with van der Waals surface area (Å²) < 4.78 is 0. The average Bonchev–Trinajstić information content (AvgIpc) is 2.45. The van der Waals surface area contributed by atoms with Gasteiger partial charge in [0.25, 0.3) is 0 Å². The Morgan fingerprint density at radius 3 is 2.70 bits per heavy atom. The van der Waals surface area contributed by atoms with Crippen LogP contribution < -0.4 is 5.32 Å². The molecule has 1 amide bonds. The fraction of sp³-hybridized carbons (Fsp3) is 0.588. The zero-order valence-corrected chi connectivity index (χ0v) is 12.9. The van der Waals surface area contributed by atoms with Gasteiger partial charge in [-0.2, -0.15) is 0 Å². The molecule has 0 radical (unpaired) electrons. The molecule has 3 heteroatoms. The van der Waals surface area contributed by atoms with E-state index in [1.54, 1.807) is 0 Å². The largest absolute Gasteiger partial charge is 0.354 e. The van der Waals surface area contributed by atoms with E-state index in [4.69, 9.17) is 0 Å². The molecule has 0 fully saturated rings. The number of rotatable bonds is 5. The number of fused-ring (bicyclic) bond motifs is 1. The fourth-order valence-corrected chi connectivity index (χ4v) is 2.75. The third-order valence-corrected chi connectivity index (χ3v) is 4.18. The van der Waals surface area contributed by atoms with Gasteiger partial charge in [0.1, 0.15) is 0 Å². The van der Waals surface area contributed by atoms with E-state index in [1.165, 1.54) is 11.1 Å². The highest BCUT2D eigenvalue weighted by Crippen LogP contribution is 2.24. The van der Waals surface area contributed by atoms with E-state index in [-0.39, 0.29) is 11.4 Å². The van der Waals surface area contributed by atoms with Gasteiger partial charge >= 0.3 is 0 Å². The molecule has 0 aliphatic carbocycles. The van der Waals surface area contributed by atoms with Gasteiger partial charge in [-0.1, -0.05) is 31.2 Å². The Morgan fingerprint density at radius 2 is 2.00 bits per heavy atom. The van der Waals surface area contributed by atoms with Crippen molar-refractivity contribution in [3.8, 4) is 0 Å². The lowest BCUT2D eigenvalue weighted by Gasteiger charge is -2.41. The van der Waals surface area contributed by atoms with Crippen LogP contribution in [0.4, 0.5) is 0 Å². The molecule has 1 aromatic rings. The Kier molecular flexibility index (Phi) is 4.81. The van der Waals surface area contributed by atoms with E-state index in [0.717, 1.165) is 25.9 Å². The van der Waals surface area contributed by atoms with E-state index in [2.05, 4.69) is 48.3 Å². The second kappa shape index (κ2) is 6.40. The Balaban J connectivity index is 1.95. The topological polar surface area (TPSA) is 32.3 Å². The Morgan fingerprint density at radius 1 is 1.30 bits per heavy atom. The summed E-state index contributed by atoms with van der Waals surface area (Å²) in [4.78, 5) is 14.1. The molecule has 0 unspecified atom stereocenters. The van der Waals surface area contributed by atoms with Crippen LogP contribution >= 0.6 is 0 Å². The average molecular weight is 274 g/mol. The molecule has 0 aromatic heterocycles. The van der Waals surface area contributed by atoms with Crippen LogP contribution in [0.1, 0.15) is 44.7 Å². The van der Waals surface area contributed by atoms with Crippen molar-refractivity contribution in [3.05, 3.63) is 35.4 Å². The Labute approximate surface area is 122 Å². The second-order valence-electron chi connectivity index (χ2n) is 6.28. The van der Waals surface area contributed by atoms with E-state index in [9.17, 15) is 4.79 Å². The van der Waals surface area contributed by atoms with E-state index >= 15 is 0 Å². The number of carbonyl (C=O) groups excluding carboxylic acids is 1. The first kappa shape index (κ1) is 15.0. The number of nitrogens with one attached hydrogen (secondary N) is 1.